The first-order valence-corrected chi connectivity index (χ1v) is 42.5. The van der Waals surface area contributed by atoms with Crippen LogP contribution in [0.5, 0.6) is 0 Å². The van der Waals surface area contributed by atoms with Crippen molar-refractivity contribution in [1.29, 1.82) is 0 Å². The third kappa shape index (κ3) is 30.7. The number of rotatable bonds is 37. The number of nitrogen functional groups attached to an aromatic ring is 6. The number of hydrogen-bond acceptors (Lipinski definition) is 36. The summed E-state index contributed by atoms with van der Waals surface area (Å²) in [5, 5.41) is 76.2. The quantitative estimate of drug-likeness (QED) is 0.0161. The molecule has 702 valence electrons. The maximum Gasteiger partial charge on any atom is 0.413 e. The van der Waals surface area contributed by atoms with E-state index >= 15 is 0 Å². The predicted octanol–water partition coefficient (Wildman–Crippen LogP) is 13.5. The molecule has 0 bridgehead atoms. The molecule has 2 unspecified atom stereocenters. The number of nitrogens with one attached hydrogen (secondary N) is 6. The minimum absolute atomic E-state index is 0.0231. The molecule has 12 rings (SSSR count). The Morgan fingerprint density at radius 3 is 1.03 bits per heavy atom. The Balaban J connectivity index is 0.000000212. The number of nitrogens with two attached hydrogens (primary N) is 6. The summed E-state index contributed by atoms with van der Waals surface area (Å²) in [6.07, 6.45) is 10.6. The van der Waals surface area contributed by atoms with Crippen molar-refractivity contribution in [2.45, 2.75) is 250 Å². The van der Waals surface area contributed by atoms with Gasteiger partial charge in [-0.15, -0.1) is 0 Å². The minimum Gasteiger partial charge on any atom is -0.396 e. The van der Waals surface area contributed by atoms with Crippen molar-refractivity contribution in [3.05, 3.63) is 109 Å². The van der Waals surface area contributed by atoms with E-state index < -0.39 is 77.4 Å². The van der Waals surface area contributed by atoms with E-state index in [2.05, 4.69) is 149 Å². The normalized spacial score (nSPS) is 14.3. The lowest BCUT2D eigenvalue weighted by atomic mass is 9.89. The summed E-state index contributed by atoms with van der Waals surface area (Å²) in [6.45, 7) is 18.2. The SMILES string of the molecule is CCCC[C@@](C)(CO)Nc1nc(N)nc2cc(F)cnc12.CCCC[C@@](C)(Nc1nc(N)nc2cc(F)cnc12)C(C)O.CCCC[C@@](C)(Nc1nc(N)nc2cccnc12)C(C)O.CCCC[C@H](CCO)Nc1nc(N)nc2cccnc12.CCCC[C@](CO)(Nc1nc(N)nc2cccnc12)C(F)(F)F.Nc1nc(N[C@@H](CO)CCCC(F)(F)F)c2ncccc2n1. The van der Waals surface area contributed by atoms with E-state index in [9.17, 15) is 60.7 Å². The number of nitrogens with zero attached hydrogens (tertiary/aromatic N) is 18. The van der Waals surface area contributed by atoms with Gasteiger partial charge in [-0.3, -0.25) is 19.9 Å². The maximum atomic E-state index is 13.6. The van der Waals surface area contributed by atoms with Gasteiger partial charge in [0.05, 0.1) is 100 Å². The molecule has 36 nitrogen and oxygen atoms in total. The Bertz CT molecular complexity index is 5500. The van der Waals surface area contributed by atoms with E-state index in [-0.39, 0.29) is 92.1 Å². The van der Waals surface area contributed by atoms with Gasteiger partial charge in [0.2, 0.25) is 35.7 Å². The average molecular weight is 1810 g/mol. The van der Waals surface area contributed by atoms with Crippen LogP contribution in [-0.4, -0.2) is 206 Å². The van der Waals surface area contributed by atoms with Crippen molar-refractivity contribution in [3.8, 4) is 0 Å². The molecule has 0 aliphatic carbocycles. The largest absolute Gasteiger partial charge is 0.413 e. The molecule has 12 aromatic heterocycles. The van der Waals surface area contributed by atoms with Gasteiger partial charge < -0.3 is 96.9 Å². The van der Waals surface area contributed by atoms with Crippen LogP contribution in [-0.2, 0) is 0 Å². The summed E-state index contributed by atoms with van der Waals surface area (Å²) < 4.78 is 104. The molecular formula is C85H120F8N30O6. The number of anilines is 12. The van der Waals surface area contributed by atoms with Gasteiger partial charge in [0.1, 0.15) is 44.7 Å². The standard InChI is InChI=1S/C15H22FN5O.C15H23N5O.C14H18F3N5O.C14H20FN5O.C14H21N5O.C13H16F3N5O/c1-4-5-6-15(3,9(2)22)21-13-12-11(19-14(17)20-13)7-10(16)8-18-12;1-4-5-8-15(3,10(2)21)20-13-12-11(7-6-9-17-12)18-14(16)19-13;1-2-3-6-13(8-23,14(15,16)17)22-11-10-9(5-4-7-19-10)20-12(18)21-11;1-3-4-5-14(2,8-21)20-12-11-10(18-13(16)19-12)6-9(15)7-17-11;1-2-3-5-10(7-9-20)17-13-12-11(6-4-8-16-12)18-14(15)19-13;14-13(15,16)5-1-3-8(7-22)19-11-10-9(4-2-6-18-10)20-12(17)21-11/h7-9,22H,4-6H2,1-3H3,(H3,17,19,20,21);6-7,9-10,21H,4-5,8H2,1-3H3,(H3,16,18,19,20);4-5,7,23H,2-3,6,8H2,1H3,(H3,18,20,21,22);6-7,21H,3-5,8H2,1-2H3,(H3,16,18,19,20);4,6,8,10,20H,2-3,5,7,9H2,1H3,(H3,15,17,18,19);2,4,6,8,22H,1,3,5,7H2,(H3,17,19,20,21)/t9?,15-;10?,15-;13-;14-;10-;8-/m111011/s1. The fourth-order valence-electron chi connectivity index (χ4n) is 13.2. The van der Waals surface area contributed by atoms with Gasteiger partial charge in [0, 0.05) is 56.0 Å². The van der Waals surface area contributed by atoms with Crippen LogP contribution in [0.1, 0.15) is 191 Å². The third-order valence-corrected chi connectivity index (χ3v) is 21.0. The number of aliphatic hydroxyl groups excluding tert-OH is 6. The number of alkyl halides is 6. The molecule has 0 aliphatic rings. The van der Waals surface area contributed by atoms with E-state index in [1.165, 1.54) is 18.3 Å². The molecule has 44 heteroatoms. The van der Waals surface area contributed by atoms with Gasteiger partial charge in [0.25, 0.3) is 0 Å². The highest BCUT2D eigenvalue weighted by Gasteiger charge is 2.55. The van der Waals surface area contributed by atoms with Crippen molar-refractivity contribution in [3.63, 3.8) is 0 Å². The van der Waals surface area contributed by atoms with Crippen molar-refractivity contribution in [1.82, 2.24) is 89.7 Å². The second kappa shape index (κ2) is 48.8. The fraction of sp³-hybridized carbons (Fsp3) is 0.506. The average Bonchev–Trinajstić information content (AvgIpc) is 0.774. The first-order chi connectivity index (χ1) is 61.2. The molecule has 0 saturated heterocycles. The highest BCUT2D eigenvalue weighted by molar-refractivity contribution is 5.90. The summed E-state index contributed by atoms with van der Waals surface area (Å²) in [7, 11) is 0. The summed E-state index contributed by atoms with van der Waals surface area (Å²) in [6, 6.07) is 16.0. The van der Waals surface area contributed by atoms with E-state index in [0.717, 1.165) is 95.0 Å². The number of fused-ring (bicyclic) bond motifs is 6. The number of aromatic nitrogens is 18. The molecule has 12 aromatic rings. The Hall–Kier alpha value is -12.3. The fourth-order valence-corrected chi connectivity index (χ4v) is 13.2. The second-order valence-electron chi connectivity index (χ2n) is 31.7. The molecule has 0 radical (unpaired) electrons. The first kappa shape index (κ1) is 104. The molecule has 24 N–H and O–H groups in total. The van der Waals surface area contributed by atoms with Crippen LogP contribution < -0.4 is 66.3 Å². The number of halogens is 8. The van der Waals surface area contributed by atoms with Gasteiger partial charge in [-0.2, -0.15) is 56.2 Å². The minimum atomic E-state index is -4.67. The van der Waals surface area contributed by atoms with Crippen LogP contribution in [0.2, 0.25) is 0 Å². The van der Waals surface area contributed by atoms with Crippen molar-refractivity contribution in [2.75, 3.05) is 92.7 Å². The highest BCUT2D eigenvalue weighted by Crippen LogP contribution is 2.39. The maximum absolute atomic E-state index is 13.6. The Kier molecular flexibility index (Phi) is 39.3. The number of hydrogen-bond donors (Lipinski definition) is 18. The Morgan fingerprint density at radius 2 is 0.690 bits per heavy atom. The Morgan fingerprint density at radius 1 is 0.364 bits per heavy atom. The Labute approximate surface area is 741 Å². The van der Waals surface area contributed by atoms with Crippen molar-refractivity contribution >= 4 is 137 Å². The van der Waals surface area contributed by atoms with E-state index in [1.54, 1.807) is 63.6 Å². The summed E-state index contributed by atoms with van der Waals surface area (Å²) in [5.41, 5.74) is 35.7. The number of unbranched alkanes of at least 4 members (excludes halogenated alkanes) is 5. The molecule has 0 saturated carbocycles. The van der Waals surface area contributed by atoms with Crippen LogP contribution in [0.15, 0.2) is 97.8 Å². The lowest BCUT2D eigenvalue weighted by Gasteiger charge is -2.35. The lowest BCUT2D eigenvalue weighted by molar-refractivity contribution is -0.190. The van der Waals surface area contributed by atoms with Crippen molar-refractivity contribution < 1.29 is 65.8 Å². The molecule has 0 spiro atoms. The van der Waals surface area contributed by atoms with Crippen LogP contribution >= 0.6 is 0 Å². The zero-order chi connectivity index (χ0) is 94.9. The van der Waals surface area contributed by atoms with Crippen LogP contribution in [0.25, 0.3) is 66.2 Å². The zero-order valence-electron chi connectivity index (χ0n) is 74.0. The van der Waals surface area contributed by atoms with Gasteiger partial charge in [-0.1, -0.05) is 98.8 Å². The van der Waals surface area contributed by atoms with Crippen LogP contribution in [0, 0.1) is 11.6 Å². The van der Waals surface area contributed by atoms with Gasteiger partial charge in [-0.25, -0.2) is 48.7 Å². The molecule has 12 heterocycles. The third-order valence-electron chi connectivity index (χ3n) is 21.0. The summed E-state index contributed by atoms with van der Waals surface area (Å²) in [5.74, 6) is 1.56. The molecule has 0 aliphatic heterocycles. The van der Waals surface area contributed by atoms with Gasteiger partial charge >= 0.3 is 12.4 Å². The molecule has 8 atom stereocenters. The van der Waals surface area contributed by atoms with E-state index in [0.29, 0.717) is 104 Å². The van der Waals surface area contributed by atoms with Crippen LogP contribution in [0.4, 0.5) is 106 Å². The molecule has 0 fully saturated rings. The van der Waals surface area contributed by atoms with Gasteiger partial charge in [-0.05, 0) is 135 Å². The van der Waals surface area contributed by atoms with Crippen molar-refractivity contribution in [2.24, 2.45) is 0 Å². The first-order valence-electron chi connectivity index (χ1n) is 42.5. The molecular weight excluding hydrogens is 1690 g/mol. The smallest absolute Gasteiger partial charge is 0.396 e. The number of aliphatic hydroxyl groups is 6. The molecule has 129 heavy (non-hydrogen) atoms. The van der Waals surface area contributed by atoms with E-state index in [1.807, 2.05) is 45.0 Å². The number of pyridine rings is 6. The lowest BCUT2D eigenvalue weighted by Crippen LogP contribution is -2.55. The second-order valence-corrected chi connectivity index (χ2v) is 31.7. The topological polar surface area (TPSA) is 582 Å². The molecule has 0 amide bonds. The molecule has 0 aromatic carbocycles. The van der Waals surface area contributed by atoms with Gasteiger partial charge in [0.15, 0.2) is 40.4 Å². The summed E-state index contributed by atoms with van der Waals surface area (Å²) in [4.78, 5) is 73.7. The van der Waals surface area contributed by atoms with E-state index in [4.69, 9.17) is 39.5 Å². The highest BCUT2D eigenvalue weighted by atomic mass is 19.4. The predicted molar refractivity (Wildman–Crippen MR) is 488 cm³/mol. The summed E-state index contributed by atoms with van der Waals surface area (Å²) >= 11 is 0. The zero-order valence-corrected chi connectivity index (χ0v) is 74.0. The monoisotopic (exact) mass is 1810 g/mol. The van der Waals surface area contributed by atoms with Crippen LogP contribution in [0.3, 0.4) is 0 Å².